The Bertz CT molecular complexity index is 630. The van der Waals surface area contributed by atoms with Crippen molar-refractivity contribution < 1.29 is 9.53 Å². The summed E-state index contributed by atoms with van der Waals surface area (Å²) in [5, 5.41) is 1.25. The van der Waals surface area contributed by atoms with Crippen molar-refractivity contribution in [2.45, 2.75) is 9.24 Å². The summed E-state index contributed by atoms with van der Waals surface area (Å²) < 4.78 is 5.21. The maximum Gasteiger partial charge on any atom is 0.351 e. The third-order valence-corrected chi connectivity index (χ3v) is 5.24. The van der Waals surface area contributed by atoms with Crippen molar-refractivity contribution >= 4 is 63.9 Å². The molecule has 1 aromatic carbocycles. The van der Waals surface area contributed by atoms with Gasteiger partial charge in [-0.25, -0.2) is 9.78 Å². The molecule has 0 aliphatic rings. The Kier molecular flexibility index (Phi) is 4.97. The molecular weight excluding hydrogens is 349 g/mol. The quantitative estimate of drug-likeness (QED) is 0.724. The fourth-order valence-corrected chi connectivity index (χ4v) is 4.01. The van der Waals surface area contributed by atoms with Crippen LogP contribution in [-0.4, -0.2) is 18.1 Å². The number of nitrogens with zero attached hydrogens (tertiary/aromatic N) is 1. The summed E-state index contributed by atoms with van der Waals surface area (Å²) in [6, 6.07) is 5.12. The molecule has 0 aliphatic carbocycles. The molecule has 0 amide bonds. The highest BCUT2D eigenvalue weighted by atomic mass is 35.5. The Labute approximate surface area is 132 Å². The van der Waals surface area contributed by atoms with Crippen molar-refractivity contribution in [3.05, 3.63) is 38.3 Å². The second kappa shape index (κ2) is 6.33. The molecule has 0 bridgehead atoms. The standard InChI is InChI=1S/C11H6Cl3NO2S2/c1-17-10(16)8-9(14)15-11(19-8)18-7-4-5(12)2-3-6(7)13/h2-4H,1H3. The minimum Gasteiger partial charge on any atom is -0.465 e. The molecule has 0 unspecified atom stereocenters. The first kappa shape index (κ1) is 14.9. The van der Waals surface area contributed by atoms with Crippen LogP contribution in [0.3, 0.4) is 0 Å². The van der Waals surface area contributed by atoms with Crippen molar-refractivity contribution in [2.24, 2.45) is 0 Å². The first-order chi connectivity index (χ1) is 9.01. The number of carbonyl (C=O) groups is 1. The predicted molar refractivity (Wildman–Crippen MR) is 79.0 cm³/mol. The Morgan fingerprint density at radius 1 is 1.37 bits per heavy atom. The van der Waals surface area contributed by atoms with Gasteiger partial charge in [0.2, 0.25) is 0 Å². The van der Waals surface area contributed by atoms with Crippen LogP contribution in [0.25, 0.3) is 0 Å². The van der Waals surface area contributed by atoms with Crippen LogP contribution in [0.15, 0.2) is 27.4 Å². The van der Waals surface area contributed by atoms with E-state index in [1.165, 1.54) is 18.9 Å². The lowest BCUT2D eigenvalue weighted by atomic mass is 10.4. The van der Waals surface area contributed by atoms with Gasteiger partial charge >= 0.3 is 5.97 Å². The lowest BCUT2D eigenvalue weighted by Crippen LogP contribution is -1.98. The molecule has 0 saturated carbocycles. The number of hydrogen-bond acceptors (Lipinski definition) is 5. The molecule has 1 heterocycles. The van der Waals surface area contributed by atoms with E-state index in [-0.39, 0.29) is 10.0 Å². The molecule has 8 heteroatoms. The average Bonchev–Trinajstić information content (AvgIpc) is 2.74. The lowest BCUT2D eigenvalue weighted by molar-refractivity contribution is 0.0606. The van der Waals surface area contributed by atoms with Crippen molar-refractivity contribution in [3.8, 4) is 0 Å². The van der Waals surface area contributed by atoms with Gasteiger partial charge in [0.15, 0.2) is 14.4 Å². The van der Waals surface area contributed by atoms with E-state index < -0.39 is 5.97 Å². The molecule has 0 saturated heterocycles. The van der Waals surface area contributed by atoms with Gasteiger partial charge in [-0.3, -0.25) is 0 Å². The second-order valence-electron chi connectivity index (χ2n) is 3.27. The van der Waals surface area contributed by atoms with Crippen LogP contribution in [-0.2, 0) is 4.74 Å². The van der Waals surface area contributed by atoms with E-state index in [0.29, 0.717) is 14.4 Å². The summed E-state index contributed by atoms with van der Waals surface area (Å²) in [7, 11) is 1.29. The number of carbonyl (C=O) groups excluding carboxylic acids is 1. The summed E-state index contributed by atoms with van der Waals surface area (Å²) in [5.74, 6) is -0.508. The smallest absolute Gasteiger partial charge is 0.351 e. The zero-order chi connectivity index (χ0) is 14.0. The molecule has 1 aromatic heterocycles. The number of aromatic nitrogens is 1. The molecule has 2 aromatic rings. The van der Waals surface area contributed by atoms with Gasteiger partial charge in [-0.2, -0.15) is 0 Å². The normalized spacial score (nSPS) is 10.5. The molecule has 19 heavy (non-hydrogen) atoms. The van der Waals surface area contributed by atoms with Crippen molar-refractivity contribution in [1.82, 2.24) is 4.98 Å². The fraction of sp³-hybridized carbons (Fsp3) is 0.0909. The van der Waals surface area contributed by atoms with Gasteiger partial charge in [0, 0.05) is 9.92 Å². The molecule has 0 N–H and O–H groups in total. The van der Waals surface area contributed by atoms with E-state index in [9.17, 15) is 4.79 Å². The van der Waals surface area contributed by atoms with E-state index in [1.807, 2.05) is 0 Å². The van der Waals surface area contributed by atoms with Gasteiger partial charge in [0.1, 0.15) is 0 Å². The largest absolute Gasteiger partial charge is 0.465 e. The Balaban J connectivity index is 2.29. The highest BCUT2D eigenvalue weighted by Gasteiger charge is 2.18. The van der Waals surface area contributed by atoms with Crippen LogP contribution < -0.4 is 0 Å². The van der Waals surface area contributed by atoms with E-state index in [2.05, 4.69) is 9.72 Å². The molecular formula is C11H6Cl3NO2S2. The van der Waals surface area contributed by atoms with Crippen molar-refractivity contribution in [2.75, 3.05) is 7.11 Å². The number of halogens is 3. The van der Waals surface area contributed by atoms with Crippen LogP contribution in [0, 0.1) is 0 Å². The second-order valence-corrected chi connectivity index (χ2v) is 6.76. The molecule has 100 valence electrons. The predicted octanol–water partition coefficient (Wildman–Crippen LogP) is 5.04. The first-order valence-electron chi connectivity index (χ1n) is 4.89. The third kappa shape index (κ3) is 3.55. The monoisotopic (exact) mass is 353 g/mol. The Morgan fingerprint density at radius 2 is 2.11 bits per heavy atom. The van der Waals surface area contributed by atoms with Crippen molar-refractivity contribution in [1.29, 1.82) is 0 Å². The van der Waals surface area contributed by atoms with Crippen LogP contribution in [0.1, 0.15) is 9.67 Å². The van der Waals surface area contributed by atoms with Crippen LogP contribution in [0.2, 0.25) is 15.2 Å². The SMILES string of the molecule is COC(=O)c1sc(Sc2cc(Cl)ccc2Cl)nc1Cl. The molecule has 2 rings (SSSR count). The topological polar surface area (TPSA) is 39.2 Å². The van der Waals surface area contributed by atoms with E-state index in [4.69, 9.17) is 34.8 Å². The summed E-state index contributed by atoms with van der Waals surface area (Å²) in [6.07, 6.45) is 0. The van der Waals surface area contributed by atoms with Gasteiger partial charge in [-0.05, 0) is 18.2 Å². The zero-order valence-electron chi connectivity index (χ0n) is 9.45. The highest BCUT2D eigenvalue weighted by molar-refractivity contribution is 8.01. The average molecular weight is 355 g/mol. The number of benzene rings is 1. The number of thiazole rings is 1. The minimum absolute atomic E-state index is 0.123. The maximum absolute atomic E-state index is 11.4. The number of rotatable bonds is 3. The summed E-state index contributed by atoms with van der Waals surface area (Å²) >= 11 is 20.3. The minimum atomic E-state index is -0.508. The van der Waals surface area contributed by atoms with E-state index >= 15 is 0 Å². The van der Waals surface area contributed by atoms with Gasteiger partial charge < -0.3 is 4.74 Å². The molecule has 0 radical (unpaired) electrons. The van der Waals surface area contributed by atoms with Crippen LogP contribution >= 0.6 is 57.9 Å². The first-order valence-corrected chi connectivity index (χ1v) is 7.65. The highest BCUT2D eigenvalue weighted by Crippen LogP contribution is 2.39. The van der Waals surface area contributed by atoms with Gasteiger partial charge in [-0.15, -0.1) is 0 Å². The lowest BCUT2D eigenvalue weighted by Gasteiger charge is -2.01. The van der Waals surface area contributed by atoms with Crippen LogP contribution in [0.5, 0.6) is 0 Å². The van der Waals surface area contributed by atoms with Gasteiger partial charge in [0.25, 0.3) is 0 Å². The summed E-state index contributed by atoms with van der Waals surface area (Å²) in [5.41, 5.74) is 0. The van der Waals surface area contributed by atoms with Crippen molar-refractivity contribution in [3.63, 3.8) is 0 Å². The summed E-state index contributed by atoms with van der Waals surface area (Å²) in [4.78, 5) is 16.5. The number of methoxy groups -OCH3 is 1. The molecule has 0 atom stereocenters. The maximum atomic E-state index is 11.4. The molecule has 3 nitrogen and oxygen atoms in total. The number of hydrogen-bond donors (Lipinski definition) is 0. The van der Waals surface area contributed by atoms with Gasteiger partial charge in [0.05, 0.1) is 12.1 Å². The molecule has 0 aliphatic heterocycles. The van der Waals surface area contributed by atoms with E-state index in [1.54, 1.807) is 18.2 Å². The Hall–Kier alpha value is -0.460. The Morgan fingerprint density at radius 3 is 2.79 bits per heavy atom. The zero-order valence-corrected chi connectivity index (χ0v) is 13.3. The van der Waals surface area contributed by atoms with E-state index in [0.717, 1.165) is 16.2 Å². The summed E-state index contributed by atoms with van der Waals surface area (Å²) in [6.45, 7) is 0. The fourth-order valence-electron chi connectivity index (χ4n) is 1.19. The number of ether oxygens (including phenoxy) is 1. The molecule has 0 spiro atoms. The van der Waals surface area contributed by atoms with Crippen LogP contribution in [0.4, 0.5) is 0 Å². The molecule has 0 fully saturated rings. The number of esters is 1. The third-order valence-electron chi connectivity index (χ3n) is 2.03. The van der Waals surface area contributed by atoms with Gasteiger partial charge in [-0.1, -0.05) is 57.9 Å².